The lowest BCUT2D eigenvalue weighted by atomic mass is 10.2. The lowest BCUT2D eigenvalue weighted by molar-refractivity contribution is -0.172. The Morgan fingerprint density at radius 3 is 2.45 bits per heavy atom. The minimum Gasteiger partial charge on any atom is -0.271 e. The molecule has 0 aliphatic carbocycles. The van der Waals surface area contributed by atoms with Gasteiger partial charge in [0.15, 0.2) is 0 Å². The van der Waals surface area contributed by atoms with E-state index in [4.69, 9.17) is 4.84 Å². The van der Waals surface area contributed by atoms with Crippen molar-refractivity contribution in [3.63, 3.8) is 0 Å². The maximum atomic E-state index is 11.2. The molecule has 0 aromatic rings. The highest BCUT2D eigenvalue weighted by Gasteiger charge is 2.10. The van der Waals surface area contributed by atoms with Gasteiger partial charge in [-0.15, -0.1) is 0 Å². The SMILES string of the molecule is C=C(CC)C(=O)N(C)OCC. The van der Waals surface area contributed by atoms with E-state index in [9.17, 15) is 4.79 Å². The van der Waals surface area contributed by atoms with Crippen LogP contribution in [0.1, 0.15) is 20.3 Å². The molecule has 64 valence electrons. The molecule has 0 rings (SSSR count). The van der Waals surface area contributed by atoms with Crippen molar-refractivity contribution in [2.75, 3.05) is 13.7 Å². The smallest absolute Gasteiger partial charge is 0.271 e. The molecule has 0 bridgehead atoms. The summed E-state index contributed by atoms with van der Waals surface area (Å²) in [7, 11) is 1.59. The van der Waals surface area contributed by atoms with Gasteiger partial charge < -0.3 is 0 Å². The van der Waals surface area contributed by atoms with E-state index in [2.05, 4.69) is 6.58 Å². The van der Waals surface area contributed by atoms with Crippen LogP contribution in [-0.2, 0) is 9.63 Å². The average molecular weight is 157 g/mol. The van der Waals surface area contributed by atoms with E-state index in [0.717, 1.165) is 0 Å². The molecule has 0 aromatic heterocycles. The monoisotopic (exact) mass is 157 g/mol. The molecule has 0 aliphatic rings. The van der Waals surface area contributed by atoms with Crippen LogP contribution in [0, 0.1) is 0 Å². The second-order valence-corrected chi connectivity index (χ2v) is 2.18. The second-order valence-electron chi connectivity index (χ2n) is 2.18. The van der Waals surface area contributed by atoms with Crippen LogP contribution < -0.4 is 0 Å². The number of hydrogen-bond donors (Lipinski definition) is 0. The fourth-order valence-corrected chi connectivity index (χ4v) is 0.626. The van der Waals surface area contributed by atoms with Gasteiger partial charge in [0.05, 0.1) is 6.61 Å². The number of carbonyl (C=O) groups excluding carboxylic acids is 1. The van der Waals surface area contributed by atoms with Crippen LogP contribution in [0.25, 0.3) is 0 Å². The van der Waals surface area contributed by atoms with Gasteiger partial charge in [-0.1, -0.05) is 13.5 Å². The summed E-state index contributed by atoms with van der Waals surface area (Å²) in [6.07, 6.45) is 0.663. The Labute approximate surface area is 67.6 Å². The summed E-state index contributed by atoms with van der Waals surface area (Å²) in [6.45, 7) is 7.83. The van der Waals surface area contributed by atoms with Gasteiger partial charge in [-0.05, 0) is 13.3 Å². The number of hydroxylamine groups is 2. The zero-order valence-electron chi connectivity index (χ0n) is 7.39. The topological polar surface area (TPSA) is 29.5 Å². The van der Waals surface area contributed by atoms with E-state index < -0.39 is 0 Å². The number of nitrogens with zero attached hydrogens (tertiary/aromatic N) is 1. The molecular formula is C8H15NO2. The van der Waals surface area contributed by atoms with Crippen LogP contribution in [0.2, 0.25) is 0 Å². The first-order chi connectivity index (χ1) is 5.13. The molecule has 3 nitrogen and oxygen atoms in total. The molecule has 0 aromatic carbocycles. The Kier molecular flexibility index (Phi) is 4.54. The third-order valence-electron chi connectivity index (χ3n) is 1.34. The highest BCUT2D eigenvalue weighted by Crippen LogP contribution is 2.01. The van der Waals surface area contributed by atoms with Crippen LogP contribution in [-0.4, -0.2) is 24.6 Å². The Hall–Kier alpha value is -0.830. The van der Waals surface area contributed by atoms with Crippen molar-refractivity contribution in [1.82, 2.24) is 5.06 Å². The quantitative estimate of drug-likeness (QED) is 0.455. The summed E-state index contributed by atoms with van der Waals surface area (Å²) < 4.78 is 0. The molecule has 0 atom stereocenters. The van der Waals surface area contributed by atoms with E-state index in [0.29, 0.717) is 18.6 Å². The maximum Gasteiger partial charge on any atom is 0.272 e. The van der Waals surface area contributed by atoms with Gasteiger partial charge in [-0.25, -0.2) is 5.06 Å². The molecule has 0 saturated carbocycles. The average Bonchev–Trinajstić information content (AvgIpc) is 2.02. The predicted molar refractivity (Wildman–Crippen MR) is 43.8 cm³/mol. The summed E-state index contributed by atoms with van der Waals surface area (Å²) in [5.41, 5.74) is 0.570. The van der Waals surface area contributed by atoms with Crippen molar-refractivity contribution in [3.05, 3.63) is 12.2 Å². The third kappa shape index (κ3) is 3.18. The summed E-state index contributed by atoms with van der Waals surface area (Å²) in [5, 5.41) is 1.21. The lowest BCUT2D eigenvalue weighted by Gasteiger charge is -2.15. The predicted octanol–water partition coefficient (Wildman–Crippen LogP) is 1.36. The Bertz CT molecular complexity index is 154. The maximum absolute atomic E-state index is 11.2. The van der Waals surface area contributed by atoms with E-state index in [1.807, 2.05) is 13.8 Å². The molecule has 3 heteroatoms. The van der Waals surface area contributed by atoms with E-state index in [1.54, 1.807) is 7.05 Å². The molecule has 0 radical (unpaired) electrons. The molecule has 0 fully saturated rings. The first-order valence-corrected chi connectivity index (χ1v) is 3.72. The van der Waals surface area contributed by atoms with E-state index >= 15 is 0 Å². The van der Waals surface area contributed by atoms with Gasteiger partial charge in [0.25, 0.3) is 5.91 Å². The van der Waals surface area contributed by atoms with Crippen LogP contribution >= 0.6 is 0 Å². The zero-order chi connectivity index (χ0) is 8.85. The van der Waals surface area contributed by atoms with Crippen LogP contribution in [0.5, 0.6) is 0 Å². The lowest BCUT2D eigenvalue weighted by Crippen LogP contribution is -2.27. The number of amides is 1. The van der Waals surface area contributed by atoms with E-state index in [1.165, 1.54) is 5.06 Å². The summed E-state index contributed by atoms with van der Waals surface area (Å²) in [5.74, 6) is -0.144. The normalized spacial score (nSPS) is 9.36. The fraction of sp³-hybridized carbons (Fsp3) is 0.625. The summed E-state index contributed by atoms with van der Waals surface area (Å²) in [6, 6.07) is 0. The van der Waals surface area contributed by atoms with Crippen molar-refractivity contribution in [2.45, 2.75) is 20.3 Å². The van der Waals surface area contributed by atoms with Gasteiger partial charge in [0.1, 0.15) is 0 Å². The molecule has 11 heavy (non-hydrogen) atoms. The molecule has 0 heterocycles. The minimum atomic E-state index is -0.144. The largest absolute Gasteiger partial charge is 0.272 e. The molecule has 0 N–H and O–H groups in total. The third-order valence-corrected chi connectivity index (χ3v) is 1.34. The van der Waals surface area contributed by atoms with Crippen molar-refractivity contribution in [2.24, 2.45) is 0 Å². The number of carbonyl (C=O) groups is 1. The Balaban J connectivity index is 3.91. The summed E-state index contributed by atoms with van der Waals surface area (Å²) >= 11 is 0. The van der Waals surface area contributed by atoms with Gasteiger partial charge in [0.2, 0.25) is 0 Å². The van der Waals surface area contributed by atoms with Gasteiger partial charge >= 0.3 is 0 Å². The molecule has 0 aliphatic heterocycles. The van der Waals surface area contributed by atoms with Crippen molar-refractivity contribution >= 4 is 5.91 Å². The number of likely N-dealkylation sites (N-methyl/N-ethyl adjacent to an activating group) is 1. The molecule has 1 amide bonds. The van der Waals surface area contributed by atoms with Crippen LogP contribution in [0.15, 0.2) is 12.2 Å². The standard InChI is InChI=1S/C8H15NO2/c1-5-7(3)8(10)9(4)11-6-2/h3,5-6H2,1-2,4H3. The van der Waals surface area contributed by atoms with Crippen LogP contribution in [0.4, 0.5) is 0 Å². The highest BCUT2D eigenvalue weighted by molar-refractivity contribution is 5.91. The van der Waals surface area contributed by atoms with Gasteiger partial charge in [-0.2, -0.15) is 0 Å². The Morgan fingerprint density at radius 2 is 2.09 bits per heavy atom. The van der Waals surface area contributed by atoms with Gasteiger partial charge in [0, 0.05) is 12.6 Å². The van der Waals surface area contributed by atoms with Gasteiger partial charge in [-0.3, -0.25) is 9.63 Å². The second kappa shape index (κ2) is 4.91. The van der Waals surface area contributed by atoms with Crippen molar-refractivity contribution in [3.8, 4) is 0 Å². The molecule has 0 spiro atoms. The minimum absolute atomic E-state index is 0.144. The Morgan fingerprint density at radius 1 is 1.55 bits per heavy atom. The van der Waals surface area contributed by atoms with Crippen molar-refractivity contribution < 1.29 is 9.63 Å². The number of rotatable bonds is 4. The molecule has 0 saturated heterocycles. The van der Waals surface area contributed by atoms with E-state index in [-0.39, 0.29) is 5.91 Å². The molecular weight excluding hydrogens is 142 g/mol. The zero-order valence-corrected chi connectivity index (χ0v) is 7.39. The number of hydrogen-bond acceptors (Lipinski definition) is 2. The first-order valence-electron chi connectivity index (χ1n) is 3.72. The summed E-state index contributed by atoms with van der Waals surface area (Å²) in [4.78, 5) is 16.1. The van der Waals surface area contributed by atoms with Crippen LogP contribution in [0.3, 0.4) is 0 Å². The molecule has 0 unspecified atom stereocenters. The highest BCUT2D eigenvalue weighted by atomic mass is 16.7. The first kappa shape index (κ1) is 10.2. The van der Waals surface area contributed by atoms with Crippen molar-refractivity contribution in [1.29, 1.82) is 0 Å². The fourth-order valence-electron chi connectivity index (χ4n) is 0.626.